The highest BCUT2D eigenvalue weighted by atomic mass is 32.1. The first-order chi connectivity index (χ1) is 14.0. The van der Waals surface area contributed by atoms with Gasteiger partial charge in [-0.15, -0.1) is 11.3 Å². The molecule has 2 amide bonds. The van der Waals surface area contributed by atoms with Crippen LogP contribution in [0.5, 0.6) is 0 Å². The van der Waals surface area contributed by atoms with E-state index in [0.717, 1.165) is 15.3 Å². The van der Waals surface area contributed by atoms with Gasteiger partial charge < -0.3 is 20.3 Å². The number of amides is 2. The molecule has 0 spiro atoms. The van der Waals surface area contributed by atoms with Gasteiger partial charge in [0, 0.05) is 11.4 Å². The van der Waals surface area contributed by atoms with Crippen LogP contribution in [0.2, 0.25) is 0 Å². The maximum Gasteiger partial charge on any atom is 0.350 e. The highest BCUT2D eigenvalue weighted by molar-refractivity contribution is 7.18. The van der Waals surface area contributed by atoms with Crippen molar-refractivity contribution in [3.8, 4) is 10.4 Å². The number of ether oxygens (including phenoxy) is 1. The van der Waals surface area contributed by atoms with Gasteiger partial charge in [-0.2, -0.15) is 0 Å². The van der Waals surface area contributed by atoms with E-state index >= 15 is 0 Å². The van der Waals surface area contributed by atoms with Crippen LogP contribution in [0.3, 0.4) is 0 Å². The van der Waals surface area contributed by atoms with E-state index in [1.165, 1.54) is 11.3 Å². The molecule has 0 bridgehead atoms. The molecule has 1 aromatic heterocycles. The van der Waals surface area contributed by atoms with Gasteiger partial charge in [-0.25, -0.2) is 4.79 Å². The standard InChI is InChI=1S/C21H27N3O4S/c1-4-22-18(25)13-24(5-2)14-19(26)23-16-12-17(15-10-8-7-9-11-15)29-20(16)21(27)28-6-3/h7-12H,4-6,13-14H2,1-3H3,(H,22,25)(H,23,26)/p+1. The molecule has 3 N–H and O–H groups in total. The van der Waals surface area contributed by atoms with Crippen molar-refractivity contribution in [1.29, 1.82) is 0 Å². The number of carbonyl (C=O) groups excluding carboxylic acids is 3. The lowest BCUT2D eigenvalue weighted by Crippen LogP contribution is -3.14. The molecule has 8 heteroatoms. The molecule has 0 saturated carbocycles. The average molecular weight is 419 g/mol. The number of thiophene rings is 1. The fraction of sp³-hybridized carbons (Fsp3) is 0.381. The summed E-state index contributed by atoms with van der Waals surface area (Å²) in [4.78, 5) is 38.8. The fourth-order valence-electron chi connectivity index (χ4n) is 2.80. The minimum atomic E-state index is -0.461. The van der Waals surface area contributed by atoms with E-state index < -0.39 is 5.97 Å². The zero-order valence-corrected chi connectivity index (χ0v) is 17.9. The SMILES string of the molecule is CCNC(=O)C[NH+](CC)CC(=O)Nc1cc(-c2ccccc2)sc1C(=O)OCC. The topological polar surface area (TPSA) is 88.9 Å². The zero-order valence-electron chi connectivity index (χ0n) is 17.0. The van der Waals surface area contributed by atoms with Crippen molar-refractivity contribution in [1.82, 2.24) is 5.32 Å². The van der Waals surface area contributed by atoms with Crippen molar-refractivity contribution in [2.45, 2.75) is 20.8 Å². The number of nitrogens with one attached hydrogen (secondary N) is 3. The van der Waals surface area contributed by atoms with Gasteiger partial charge in [0.2, 0.25) is 0 Å². The lowest BCUT2D eigenvalue weighted by Gasteiger charge is -2.16. The summed E-state index contributed by atoms with van der Waals surface area (Å²) in [5.41, 5.74) is 1.39. The summed E-state index contributed by atoms with van der Waals surface area (Å²) < 4.78 is 5.14. The second kappa shape index (κ2) is 11.3. The Morgan fingerprint density at radius 3 is 2.34 bits per heavy atom. The molecule has 2 aromatic rings. The van der Waals surface area contributed by atoms with Gasteiger partial charge in [-0.1, -0.05) is 30.3 Å². The molecule has 1 unspecified atom stereocenters. The van der Waals surface area contributed by atoms with Crippen molar-refractivity contribution in [3.63, 3.8) is 0 Å². The summed E-state index contributed by atoms with van der Waals surface area (Å²) in [6.45, 7) is 7.32. The molecule has 0 radical (unpaired) electrons. The minimum Gasteiger partial charge on any atom is -0.462 e. The van der Waals surface area contributed by atoms with Gasteiger partial charge >= 0.3 is 5.97 Å². The quantitative estimate of drug-likeness (QED) is 0.511. The molecular formula is C21H28N3O4S+. The van der Waals surface area contributed by atoms with E-state index in [9.17, 15) is 14.4 Å². The molecule has 1 atom stereocenters. The van der Waals surface area contributed by atoms with Crippen LogP contribution in [0.1, 0.15) is 30.4 Å². The van der Waals surface area contributed by atoms with Crippen LogP contribution < -0.4 is 15.5 Å². The Balaban J connectivity index is 2.17. The summed E-state index contributed by atoms with van der Waals surface area (Å²) in [5.74, 6) is -0.808. The van der Waals surface area contributed by atoms with Crippen LogP contribution in [-0.4, -0.2) is 50.6 Å². The predicted molar refractivity (Wildman–Crippen MR) is 114 cm³/mol. The van der Waals surface area contributed by atoms with Crippen molar-refractivity contribution in [2.75, 3.05) is 38.1 Å². The molecule has 156 valence electrons. The molecule has 0 fully saturated rings. The number of hydrogen-bond acceptors (Lipinski definition) is 5. The van der Waals surface area contributed by atoms with E-state index in [1.54, 1.807) is 13.0 Å². The van der Waals surface area contributed by atoms with E-state index in [4.69, 9.17) is 4.74 Å². The molecule has 0 saturated heterocycles. The Kier molecular flexibility index (Phi) is 8.82. The van der Waals surface area contributed by atoms with Crippen molar-refractivity contribution < 1.29 is 24.0 Å². The maximum absolute atomic E-state index is 12.6. The highest BCUT2D eigenvalue weighted by Gasteiger charge is 2.22. The molecule has 0 aliphatic carbocycles. The second-order valence-electron chi connectivity index (χ2n) is 6.40. The summed E-state index contributed by atoms with van der Waals surface area (Å²) >= 11 is 1.28. The van der Waals surface area contributed by atoms with Crippen LogP contribution in [0.25, 0.3) is 10.4 Å². The molecule has 0 aliphatic heterocycles. The summed E-state index contributed by atoms with van der Waals surface area (Å²) in [7, 11) is 0. The van der Waals surface area contributed by atoms with Gasteiger partial charge in [0.15, 0.2) is 13.1 Å². The summed E-state index contributed by atoms with van der Waals surface area (Å²) in [6.07, 6.45) is 0. The lowest BCUT2D eigenvalue weighted by molar-refractivity contribution is -0.881. The molecular weight excluding hydrogens is 390 g/mol. The largest absolute Gasteiger partial charge is 0.462 e. The normalized spacial score (nSPS) is 11.6. The van der Waals surface area contributed by atoms with Crippen LogP contribution >= 0.6 is 11.3 Å². The van der Waals surface area contributed by atoms with E-state index in [1.807, 2.05) is 44.2 Å². The third-order valence-corrected chi connectivity index (χ3v) is 5.38. The van der Waals surface area contributed by atoms with Crippen molar-refractivity contribution in [3.05, 3.63) is 41.3 Å². The molecule has 7 nitrogen and oxygen atoms in total. The van der Waals surface area contributed by atoms with Crippen LogP contribution in [0, 0.1) is 0 Å². The fourth-order valence-corrected chi connectivity index (χ4v) is 3.81. The van der Waals surface area contributed by atoms with Gasteiger partial charge in [-0.05, 0) is 32.4 Å². The number of anilines is 1. The number of quaternary nitrogens is 1. The van der Waals surface area contributed by atoms with Crippen LogP contribution in [0.4, 0.5) is 5.69 Å². The van der Waals surface area contributed by atoms with Crippen molar-refractivity contribution >= 4 is 34.8 Å². The van der Waals surface area contributed by atoms with Gasteiger partial charge in [0.1, 0.15) is 4.88 Å². The number of rotatable bonds is 10. The molecule has 29 heavy (non-hydrogen) atoms. The first kappa shape index (κ1) is 22.6. The van der Waals surface area contributed by atoms with Crippen molar-refractivity contribution in [2.24, 2.45) is 0 Å². The van der Waals surface area contributed by atoms with E-state index in [0.29, 0.717) is 23.7 Å². The molecule has 2 rings (SSSR count). The number of likely N-dealkylation sites (N-methyl/N-ethyl adjacent to an activating group) is 2. The van der Waals surface area contributed by atoms with Gasteiger partial charge in [0.05, 0.1) is 18.8 Å². The summed E-state index contributed by atoms with van der Waals surface area (Å²) in [6, 6.07) is 11.4. The lowest BCUT2D eigenvalue weighted by atomic mass is 10.2. The summed E-state index contributed by atoms with van der Waals surface area (Å²) in [5, 5.41) is 5.57. The first-order valence-electron chi connectivity index (χ1n) is 9.74. The Bertz CT molecular complexity index is 836. The Hall–Kier alpha value is -2.71. The zero-order chi connectivity index (χ0) is 21.2. The highest BCUT2D eigenvalue weighted by Crippen LogP contribution is 2.35. The van der Waals surface area contributed by atoms with Gasteiger partial charge in [0.25, 0.3) is 11.8 Å². The molecule has 1 heterocycles. The Morgan fingerprint density at radius 1 is 1.03 bits per heavy atom. The first-order valence-corrected chi connectivity index (χ1v) is 10.6. The predicted octanol–water partition coefficient (Wildman–Crippen LogP) is 1.57. The van der Waals surface area contributed by atoms with E-state index in [2.05, 4.69) is 10.6 Å². The monoisotopic (exact) mass is 418 g/mol. The third kappa shape index (κ3) is 6.69. The molecule has 0 aliphatic rings. The number of hydrogen-bond donors (Lipinski definition) is 3. The minimum absolute atomic E-state index is 0.0914. The molecule has 1 aromatic carbocycles. The average Bonchev–Trinajstić information content (AvgIpc) is 3.12. The number of esters is 1. The smallest absolute Gasteiger partial charge is 0.350 e. The second-order valence-corrected chi connectivity index (χ2v) is 7.45. The number of benzene rings is 1. The van der Waals surface area contributed by atoms with Crippen LogP contribution in [-0.2, 0) is 14.3 Å². The maximum atomic E-state index is 12.6. The Labute approximate surface area is 175 Å². The van der Waals surface area contributed by atoms with E-state index in [-0.39, 0.29) is 31.5 Å². The van der Waals surface area contributed by atoms with Gasteiger partial charge in [-0.3, -0.25) is 9.59 Å². The Morgan fingerprint density at radius 2 is 1.72 bits per heavy atom. The van der Waals surface area contributed by atoms with Crippen LogP contribution in [0.15, 0.2) is 36.4 Å². The number of carbonyl (C=O) groups is 3. The third-order valence-electron chi connectivity index (χ3n) is 4.22.